The third-order valence-electron chi connectivity index (χ3n) is 4.86. The van der Waals surface area contributed by atoms with Gasteiger partial charge < -0.3 is 19.7 Å². The topological polar surface area (TPSA) is 67.9 Å². The first kappa shape index (κ1) is 16.4. The number of ether oxygens (including phenoxy) is 2. The Morgan fingerprint density at radius 2 is 1.88 bits per heavy atom. The fraction of sp³-hybridized carbons (Fsp3) is 0.300. The van der Waals surface area contributed by atoms with Crippen LogP contribution in [0.3, 0.4) is 0 Å². The number of nitrogens with zero attached hydrogens (tertiary/aromatic N) is 1. The summed E-state index contributed by atoms with van der Waals surface area (Å²) in [5.41, 5.74) is 3.14. The minimum atomic E-state index is -0.489. The van der Waals surface area contributed by atoms with Gasteiger partial charge in [-0.1, -0.05) is 30.3 Å². The number of rotatable bonds is 3. The highest BCUT2D eigenvalue weighted by atomic mass is 16.7. The van der Waals surface area contributed by atoms with E-state index in [4.69, 9.17) is 9.47 Å². The van der Waals surface area contributed by atoms with E-state index in [9.17, 15) is 9.59 Å². The van der Waals surface area contributed by atoms with Crippen molar-refractivity contribution in [1.29, 1.82) is 0 Å². The molecule has 1 unspecified atom stereocenters. The molecule has 2 aromatic carbocycles. The smallest absolute Gasteiger partial charge is 0.243 e. The van der Waals surface area contributed by atoms with Crippen molar-refractivity contribution in [1.82, 2.24) is 10.2 Å². The summed E-state index contributed by atoms with van der Waals surface area (Å²) in [6.07, 6.45) is 0.530. The number of carbonyl (C=O) groups is 2. The van der Waals surface area contributed by atoms with E-state index >= 15 is 0 Å². The maximum absolute atomic E-state index is 12.8. The van der Waals surface area contributed by atoms with Crippen molar-refractivity contribution in [3.63, 3.8) is 0 Å². The van der Waals surface area contributed by atoms with E-state index in [0.29, 0.717) is 31.0 Å². The van der Waals surface area contributed by atoms with Crippen molar-refractivity contribution in [2.24, 2.45) is 0 Å². The molecule has 4 rings (SSSR count). The normalized spacial score (nSPS) is 17.6. The van der Waals surface area contributed by atoms with Crippen LogP contribution in [0.1, 0.15) is 23.6 Å². The molecule has 0 saturated heterocycles. The maximum atomic E-state index is 12.8. The summed E-state index contributed by atoms with van der Waals surface area (Å²) < 4.78 is 10.7. The molecule has 6 heteroatoms. The zero-order valence-electron chi connectivity index (χ0n) is 14.5. The Bertz CT molecular complexity index is 865. The van der Waals surface area contributed by atoms with Gasteiger partial charge in [-0.3, -0.25) is 9.59 Å². The van der Waals surface area contributed by atoms with Gasteiger partial charge >= 0.3 is 0 Å². The number of benzene rings is 2. The van der Waals surface area contributed by atoms with E-state index in [1.807, 2.05) is 42.5 Å². The summed E-state index contributed by atoms with van der Waals surface area (Å²) in [6, 6.07) is 13.0. The van der Waals surface area contributed by atoms with Crippen LogP contribution in [0.4, 0.5) is 0 Å². The van der Waals surface area contributed by atoms with Crippen molar-refractivity contribution in [3.05, 3.63) is 59.2 Å². The average Bonchev–Trinajstić information content (AvgIpc) is 3.12. The molecule has 0 saturated carbocycles. The number of carbonyl (C=O) groups excluding carboxylic acids is 2. The summed E-state index contributed by atoms with van der Waals surface area (Å²) in [5, 5.41) is 2.95. The minimum Gasteiger partial charge on any atom is -0.454 e. The number of nitrogens with one attached hydrogen (secondary N) is 1. The maximum Gasteiger partial charge on any atom is 0.243 e. The van der Waals surface area contributed by atoms with Gasteiger partial charge in [0.25, 0.3) is 0 Å². The number of hydrogen-bond acceptors (Lipinski definition) is 4. The van der Waals surface area contributed by atoms with E-state index in [2.05, 4.69) is 5.32 Å². The number of fused-ring (bicyclic) bond motifs is 2. The van der Waals surface area contributed by atoms with Gasteiger partial charge in [0, 0.05) is 26.4 Å². The zero-order chi connectivity index (χ0) is 18.1. The van der Waals surface area contributed by atoms with Crippen molar-refractivity contribution in [2.45, 2.75) is 32.5 Å². The van der Waals surface area contributed by atoms with Gasteiger partial charge in [0.2, 0.25) is 18.6 Å². The molecule has 2 amide bonds. The zero-order valence-corrected chi connectivity index (χ0v) is 14.5. The van der Waals surface area contributed by atoms with Crippen molar-refractivity contribution >= 4 is 11.8 Å². The van der Waals surface area contributed by atoms with Crippen LogP contribution < -0.4 is 14.8 Å². The van der Waals surface area contributed by atoms with Gasteiger partial charge in [-0.2, -0.15) is 0 Å². The Balaban J connectivity index is 1.47. The summed E-state index contributed by atoms with van der Waals surface area (Å²) >= 11 is 0. The van der Waals surface area contributed by atoms with Gasteiger partial charge in [0.15, 0.2) is 11.5 Å². The quantitative estimate of drug-likeness (QED) is 0.918. The first-order valence-electron chi connectivity index (χ1n) is 8.62. The standard InChI is InChI=1S/C20H20N2O4/c1-13(23)22-11-16-5-3-2-4-15(16)9-17(22)20(24)21-10-14-6-7-18-19(8-14)26-12-25-18/h2-8,17H,9-12H2,1H3,(H,21,24). The lowest BCUT2D eigenvalue weighted by Crippen LogP contribution is -2.51. The second kappa shape index (κ2) is 6.71. The van der Waals surface area contributed by atoms with E-state index < -0.39 is 6.04 Å². The molecule has 0 spiro atoms. The predicted octanol–water partition coefficient (Wildman–Crippen LogP) is 2.00. The van der Waals surface area contributed by atoms with Crippen molar-refractivity contribution in [3.8, 4) is 11.5 Å². The highest BCUT2D eigenvalue weighted by molar-refractivity contribution is 5.87. The van der Waals surface area contributed by atoms with Crippen molar-refractivity contribution in [2.75, 3.05) is 6.79 Å². The molecule has 2 aliphatic rings. The molecule has 1 N–H and O–H groups in total. The summed E-state index contributed by atoms with van der Waals surface area (Å²) in [5.74, 6) is 1.16. The van der Waals surface area contributed by atoms with Crippen LogP contribution in [0, 0.1) is 0 Å². The Morgan fingerprint density at radius 1 is 1.12 bits per heavy atom. The van der Waals surface area contributed by atoms with Crippen LogP contribution >= 0.6 is 0 Å². The molecule has 0 radical (unpaired) electrons. The van der Waals surface area contributed by atoms with Crippen LogP contribution in [0.15, 0.2) is 42.5 Å². The molecule has 0 fully saturated rings. The van der Waals surface area contributed by atoms with Gasteiger partial charge in [0.1, 0.15) is 6.04 Å². The third-order valence-corrected chi connectivity index (χ3v) is 4.86. The van der Waals surface area contributed by atoms with Crippen LogP contribution in [0.5, 0.6) is 11.5 Å². The Kier molecular flexibility index (Phi) is 4.24. The Morgan fingerprint density at radius 3 is 2.69 bits per heavy atom. The molecule has 6 nitrogen and oxygen atoms in total. The predicted molar refractivity (Wildman–Crippen MR) is 94.6 cm³/mol. The summed E-state index contributed by atoms with van der Waals surface area (Å²) in [4.78, 5) is 26.4. The van der Waals surface area contributed by atoms with E-state index in [1.54, 1.807) is 4.90 Å². The first-order chi connectivity index (χ1) is 12.6. The van der Waals surface area contributed by atoms with Gasteiger partial charge in [-0.05, 0) is 28.8 Å². The van der Waals surface area contributed by atoms with Crippen molar-refractivity contribution < 1.29 is 19.1 Å². The lowest BCUT2D eigenvalue weighted by molar-refractivity contribution is -0.140. The molecule has 0 aliphatic carbocycles. The average molecular weight is 352 g/mol. The lowest BCUT2D eigenvalue weighted by Gasteiger charge is -2.35. The van der Waals surface area contributed by atoms with E-state index in [1.165, 1.54) is 6.92 Å². The summed E-state index contributed by atoms with van der Waals surface area (Å²) in [7, 11) is 0. The fourth-order valence-corrected chi connectivity index (χ4v) is 3.45. The third kappa shape index (κ3) is 3.10. The molecule has 1 atom stereocenters. The molecular weight excluding hydrogens is 332 g/mol. The molecule has 0 aromatic heterocycles. The number of amides is 2. The highest BCUT2D eigenvalue weighted by Gasteiger charge is 2.32. The van der Waals surface area contributed by atoms with E-state index in [0.717, 1.165) is 16.7 Å². The summed E-state index contributed by atoms with van der Waals surface area (Å²) in [6.45, 7) is 2.57. The highest BCUT2D eigenvalue weighted by Crippen LogP contribution is 2.32. The second-order valence-corrected chi connectivity index (χ2v) is 6.54. The molecule has 0 bridgehead atoms. The van der Waals surface area contributed by atoms with Crippen LogP contribution in [-0.4, -0.2) is 29.5 Å². The lowest BCUT2D eigenvalue weighted by atomic mass is 9.93. The van der Waals surface area contributed by atoms with Gasteiger partial charge in [-0.15, -0.1) is 0 Å². The van der Waals surface area contributed by atoms with Crippen LogP contribution in [-0.2, 0) is 29.1 Å². The fourth-order valence-electron chi connectivity index (χ4n) is 3.45. The molecular formula is C20H20N2O4. The Labute approximate surface area is 151 Å². The first-order valence-corrected chi connectivity index (χ1v) is 8.62. The molecule has 134 valence electrons. The van der Waals surface area contributed by atoms with Gasteiger partial charge in [0.05, 0.1) is 0 Å². The van der Waals surface area contributed by atoms with Crippen LogP contribution in [0.2, 0.25) is 0 Å². The minimum absolute atomic E-state index is 0.0947. The molecule has 2 aliphatic heterocycles. The van der Waals surface area contributed by atoms with Crippen LogP contribution in [0.25, 0.3) is 0 Å². The monoisotopic (exact) mass is 352 g/mol. The molecule has 26 heavy (non-hydrogen) atoms. The molecule has 2 aromatic rings. The van der Waals surface area contributed by atoms with E-state index in [-0.39, 0.29) is 18.6 Å². The SMILES string of the molecule is CC(=O)N1Cc2ccccc2CC1C(=O)NCc1ccc2c(c1)OCO2. The largest absolute Gasteiger partial charge is 0.454 e. The number of hydrogen-bond donors (Lipinski definition) is 1. The second-order valence-electron chi connectivity index (χ2n) is 6.54. The van der Waals surface area contributed by atoms with Gasteiger partial charge in [-0.25, -0.2) is 0 Å². The Hall–Kier alpha value is -3.02. The molecule has 2 heterocycles.